The van der Waals surface area contributed by atoms with Crippen molar-refractivity contribution in [1.29, 1.82) is 0 Å². The van der Waals surface area contributed by atoms with E-state index in [9.17, 15) is 4.79 Å². The molecule has 0 spiro atoms. The van der Waals surface area contributed by atoms with Gasteiger partial charge >= 0.3 is 5.97 Å². The molecule has 0 saturated heterocycles. The number of aromatic carboxylic acids is 1. The lowest BCUT2D eigenvalue weighted by Gasteiger charge is -2.10. The maximum absolute atomic E-state index is 11.2. The number of carbonyl (C=O) groups is 1. The summed E-state index contributed by atoms with van der Waals surface area (Å²) in [5, 5.41) is 12.2. The van der Waals surface area contributed by atoms with Gasteiger partial charge in [0.15, 0.2) is 0 Å². The smallest absolute Gasteiger partial charge is 0.339 e. The molecule has 4 nitrogen and oxygen atoms in total. The largest absolute Gasteiger partial charge is 0.478 e. The van der Waals surface area contributed by atoms with Gasteiger partial charge in [-0.15, -0.1) is 0 Å². The molecule has 2 N–H and O–H groups in total. The van der Waals surface area contributed by atoms with E-state index in [1.165, 1.54) is 11.1 Å². The van der Waals surface area contributed by atoms with Crippen LogP contribution in [0.4, 0.5) is 5.82 Å². The van der Waals surface area contributed by atoms with E-state index in [0.29, 0.717) is 16.8 Å². The minimum atomic E-state index is -0.989. The summed E-state index contributed by atoms with van der Waals surface area (Å²) < 4.78 is 0.652. The van der Waals surface area contributed by atoms with Crippen LogP contribution in [0.15, 0.2) is 41.0 Å². The molecule has 0 aliphatic heterocycles. The predicted octanol–water partition coefficient (Wildman–Crippen LogP) is 3.51. The Hall–Kier alpha value is -1.88. The van der Waals surface area contributed by atoms with Gasteiger partial charge in [0.2, 0.25) is 0 Å². The Bertz CT molecular complexity index is 629. The van der Waals surface area contributed by atoms with Gasteiger partial charge in [0.1, 0.15) is 11.4 Å². The summed E-state index contributed by atoms with van der Waals surface area (Å²) in [5.74, 6) is -0.591. The van der Waals surface area contributed by atoms with Crippen LogP contribution in [-0.2, 0) is 6.42 Å². The molecule has 0 bridgehead atoms. The molecule has 0 aliphatic rings. The summed E-state index contributed by atoms with van der Waals surface area (Å²) in [5.41, 5.74) is 2.65. The van der Waals surface area contributed by atoms with Crippen molar-refractivity contribution in [2.24, 2.45) is 0 Å². The lowest BCUT2D eigenvalue weighted by molar-refractivity contribution is 0.0697. The van der Waals surface area contributed by atoms with Gasteiger partial charge in [-0.1, -0.05) is 24.3 Å². The quantitative estimate of drug-likeness (QED) is 0.878. The molecule has 1 aromatic carbocycles. The molecule has 1 heterocycles. The van der Waals surface area contributed by atoms with Crippen LogP contribution in [0.5, 0.6) is 0 Å². The zero-order valence-electron chi connectivity index (χ0n) is 11.1. The van der Waals surface area contributed by atoms with Crippen molar-refractivity contribution < 1.29 is 9.90 Å². The summed E-state index contributed by atoms with van der Waals surface area (Å²) in [4.78, 5) is 15.3. The highest BCUT2D eigenvalue weighted by Crippen LogP contribution is 2.18. The van der Waals surface area contributed by atoms with Crippen molar-refractivity contribution in [3.63, 3.8) is 0 Å². The monoisotopic (exact) mass is 334 g/mol. The first-order chi connectivity index (χ1) is 9.58. The van der Waals surface area contributed by atoms with E-state index in [4.69, 9.17) is 5.11 Å². The second-order valence-corrected chi connectivity index (χ2v) is 5.37. The van der Waals surface area contributed by atoms with Gasteiger partial charge in [-0.2, -0.15) is 0 Å². The number of halogens is 1. The number of hydrogen-bond acceptors (Lipinski definition) is 3. The van der Waals surface area contributed by atoms with Crippen molar-refractivity contribution in [2.45, 2.75) is 13.3 Å². The second kappa shape index (κ2) is 6.52. The summed E-state index contributed by atoms with van der Waals surface area (Å²) in [6.07, 6.45) is 2.41. The SMILES string of the molecule is Cc1ccccc1CCNc1ncc(Br)cc1C(=O)O. The Kier molecular flexibility index (Phi) is 4.74. The van der Waals surface area contributed by atoms with E-state index in [-0.39, 0.29) is 5.56 Å². The van der Waals surface area contributed by atoms with E-state index in [1.54, 1.807) is 12.3 Å². The third kappa shape index (κ3) is 3.57. The van der Waals surface area contributed by atoms with E-state index >= 15 is 0 Å². The maximum atomic E-state index is 11.2. The van der Waals surface area contributed by atoms with Gasteiger partial charge in [-0.05, 0) is 46.5 Å². The van der Waals surface area contributed by atoms with Gasteiger partial charge in [0.05, 0.1) is 0 Å². The molecule has 0 atom stereocenters. The number of aryl methyl sites for hydroxylation is 1. The fraction of sp³-hybridized carbons (Fsp3) is 0.200. The van der Waals surface area contributed by atoms with Crippen LogP contribution in [0.2, 0.25) is 0 Å². The number of carboxylic acids is 1. The van der Waals surface area contributed by atoms with Crippen molar-refractivity contribution in [2.75, 3.05) is 11.9 Å². The number of nitrogens with zero attached hydrogens (tertiary/aromatic N) is 1. The third-order valence-electron chi connectivity index (χ3n) is 3.03. The molecular weight excluding hydrogens is 320 g/mol. The number of hydrogen-bond donors (Lipinski definition) is 2. The van der Waals surface area contributed by atoms with Crippen LogP contribution in [0.25, 0.3) is 0 Å². The molecule has 0 amide bonds. The van der Waals surface area contributed by atoms with Gasteiger partial charge in [-0.25, -0.2) is 9.78 Å². The average molecular weight is 335 g/mol. The normalized spacial score (nSPS) is 10.3. The molecule has 5 heteroatoms. The zero-order chi connectivity index (χ0) is 14.5. The lowest BCUT2D eigenvalue weighted by Crippen LogP contribution is -2.11. The Labute approximate surface area is 126 Å². The molecule has 0 saturated carbocycles. The summed E-state index contributed by atoms with van der Waals surface area (Å²) in [7, 11) is 0. The van der Waals surface area contributed by atoms with Crippen molar-refractivity contribution >= 4 is 27.7 Å². The summed E-state index contributed by atoms with van der Waals surface area (Å²) in [6, 6.07) is 9.69. The molecule has 0 radical (unpaired) electrons. The average Bonchev–Trinajstić information content (AvgIpc) is 2.42. The predicted molar refractivity (Wildman–Crippen MR) is 82.3 cm³/mol. The summed E-state index contributed by atoms with van der Waals surface area (Å²) in [6.45, 7) is 2.70. The fourth-order valence-electron chi connectivity index (χ4n) is 1.95. The van der Waals surface area contributed by atoms with Gasteiger partial charge in [-0.3, -0.25) is 0 Å². The first-order valence-electron chi connectivity index (χ1n) is 6.25. The lowest BCUT2D eigenvalue weighted by atomic mass is 10.1. The molecular formula is C15H15BrN2O2. The zero-order valence-corrected chi connectivity index (χ0v) is 12.6. The van der Waals surface area contributed by atoms with Gasteiger partial charge in [0, 0.05) is 17.2 Å². The molecule has 104 valence electrons. The number of carboxylic acid groups (broad SMARTS) is 1. The second-order valence-electron chi connectivity index (χ2n) is 4.46. The van der Waals surface area contributed by atoms with E-state index in [2.05, 4.69) is 45.3 Å². The number of benzene rings is 1. The van der Waals surface area contributed by atoms with Crippen LogP contribution in [0, 0.1) is 6.92 Å². The van der Waals surface area contributed by atoms with E-state index < -0.39 is 5.97 Å². The first kappa shape index (κ1) is 14.5. The molecule has 0 fully saturated rings. The number of nitrogens with one attached hydrogen (secondary N) is 1. The Morgan fingerprint density at radius 2 is 2.15 bits per heavy atom. The number of rotatable bonds is 5. The van der Waals surface area contributed by atoms with Crippen LogP contribution in [-0.4, -0.2) is 22.6 Å². The van der Waals surface area contributed by atoms with E-state index in [0.717, 1.165) is 6.42 Å². The molecule has 20 heavy (non-hydrogen) atoms. The number of pyridine rings is 1. The minimum absolute atomic E-state index is 0.171. The number of aromatic nitrogens is 1. The van der Waals surface area contributed by atoms with Crippen molar-refractivity contribution in [3.8, 4) is 0 Å². The Balaban J connectivity index is 2.05. The van der Waals surface area contributed by atoms with Crippen LogP contribution >= 0.6 is 15.9 Å². The third-order valence-corrected chi connectivity index (χ3v) is 3.47. The highest BCUT2D eigenvalue weighted by atomic mass is 79.9. The minimum Gasteiger partial charge on any atom is -0.478 e. The molecule has 2 rings (SSSR count). The van der Waals surface area contributed by atoms with Crippen molar-refractivity contribution in [3.05, 3.63) is 57.7 Å². The number of anilines is 1. The topological polar surface area (TPSA) is 62.2 Å². The Morgan fingerprint density at radius 1 is 1.40 bits per heavy atom. The first-order valence-corrected chi connectivity index (χ1v) is 7.04. The van der Waals surface area contributed by atoms with Crippen LogP contribution < -0.4 is 5.32 Å². The van der Waals surface area contributed by atoms with Crippen molar-refractivity contribution in [1.82, 2.24) is 4.98 Å². The van der Waals surface area contributed by atoms with Crippen LogP contribution in [0.3, 0.4) is 0 Å². The van der Waals surface area contributed by atoms with Crippen LogP contribution in [0.1, 0.15) is 21.5 Å². The maximum Gasteiger partial charge on any atom is 0.339 e. The van der Waals surface area contributed by atoms with Gasteiger partial charge < -0.3 is 10.4 Å². The highest BCUT2D eigenvalue weighted by Gasteiger charge is 2.11. The fourth-order valence-corrected chi connectivity index (χ4v) is 2.28. The van der Waals surface area contributed by atoms with Gasteiger partial charge in [0.25, 0.3) is 0 Å². The Morgan fingerprint density at radius 3 is 2.85 bits per heavy atom. The van der Waals surface area contributed by atoms with E-state index in [1.807, 2.05) is 12.1 Å². The highest BCUT2D eigenvalue weighted by molar-refractivity contribution is 9.10. The molecule has 0 unspecified atom stereocenters. The molecule has 0 aliphatic carbocycles. The standard InChI is InChI=1S/C15H15BrN2O2/c1-10-4-2-3-5-11(10)6-7-17-14-13(15(19)20)8-12(16)9-18-14/h2-5,8-9H,6-7H2,1H3,(H,17,18)(H,19,20). The summed E-state index contributed by atoms with van der Waals surface area (Å²) >= 11 is 3.23. The molecule has 2 aromatic rings. The molecule has 1 aromatic heterocycles.